The predicted molar refractivity (Wildman–Crippen MR) is 93.7 cm³/mol. The Bertz CT molecular complexity index is 680. The molecule has 0 aromatic heterocycles. The zero-order chi connectivity index (χ0) is 17.7. The van der Waals surface area contributed by atoms with Crippen LogP contribution in [0.4, 0.5) is 5.69 Å². The smallest absolute Gasteiger partial charge is 0.265 e. The maximum atomic E-state index is 12.9. The molecule has 7 heteroatoms. The van der Waals surface area contributed by atoms with Crippen molar-refractivity contribution in [1.29, 1.82) is 0 Å². The summed E-state index contributed by atoms with van der Waals surface area (Å²) >= 11 is 0. The first-order chi connectivity index (χ1) is 11.4. The quantitative estimate of drug-likeness (QED) is 0.779. The number of hydrogen-bond donors (Lipinski definition) is 1. The zero-order valence-electron chi connectivity index (χ0n) is 14.5. The number of ether oxygens (including phenoxy) is 1. The fourth-order valence-electron chi connectivity index (χ4n) is 2.52. The van der Waals surface area contributed by atoms with Gasteiger partial charge in [-0.15, -0.1) is 0 Å². The van der Waals surface area contributed by atoms with Gasteiger partial charge in [0.2, 0.25) is 10.0 Å². The molecule has 1 aromatic rings. The average molecular weight is 354 g/mol. The third kappa shape index (κ3) is 4.08. The van der Waals surface area contributed by atoms with Crippen LogP contribution in [-0.2, 0) is 14.8 Å². The second-order valence-corrected chi connectivity index (χ2v) is 7.96. The molecule has 0 radical (unpaired) electrons. The van der Waals surface area contributed by atoms with Gasteiger partial charge in [0.05, 0.1) is 10.6 Å². The third-order valence-corrected chi connectivity index (χ3v) is 5.94. The predicted octanol–water partition coefficient (Wildman–Crippen LogP) is 3.00. The van der Waals surface area contributed by atoms with Gasteiger partial charge < -0.3 is 10.1 Å². The van der Waals surface area contributed by atoms with Crippen LogP contribution >= 0.6 is 0 Å². The largest absolute Gasteiger partial charge is 0.479 e. The summed E-state index contributed by atoms with van der Waals surface area (Å²) in [5.74, 6) is 0.223. The lowest BCUT2D eigenvalue weighted by atomic mass is 10.2. The Labute approximate surface area is 144 Å². The van der Waals surface area contributed by atoms with E-state index < -0.39 is 16.1 Å². The molecule has 1 aliphatic heterocycles. The lowest BCUT2D eigenvalue weighted by Gasteiger charge is -2.25. The molecule has 0 spiro atoms. The number of unbranched alkanes of at least 4 members (excludes halogenated alkanes) is 2. The zero-order valence-corrected chi connectivity index (χ0v) is 15.4. The van der Waals surface area contributed by atoms with Crippen molar-refractivity contribution in [3.63, 3.8) is 0 Å². The highest BCUT2D eigenvalue weighted by molar-refractivity contribution is 7.89. The number of amides is 1. The number of benzene rings is 1. The van der Waals surface area contributed by atoms with E-state index >= 15 is 0 Å². The van der Waals surface area contributed by atoms with Gasteiger partial charge in [-0.2, -0.15) is 4.31 Å². The topological polar surface area (TPSA) is 75.7 Å². The number of sulfonamides is 1. The molecule has 2 rings (SSSR count). The summed E-state index contributed by atoms with van der Waals surface area (Å²) in [5, 5.41) is 2.70. The first-order valence-electron chi connectivity index (χ1n) is 8.51. The van der Waals surface area contributed by atoms with Gasteiger partial charge in [0, 0.05) is 13.1 Å². The molecular weight excluding hydrogens is 328 g/mol. The van der Waals surface area contributed by atoms with Crippen molar-refractivity contribution < 1.29 is 17.9 Å². The molecule has 1 heterocycles. The highest BCUT2D eigenvalue weighted by atomic mass is 32.2. The molecule has 134 valence electrons. The van der Waals surface area contributed by atoms with Crippen LogP contribution in [0.25, 0.3) is 0 Å². The van der Waals surface area contributed by atoms with Crippen LogP contribution in [0.2, 0.25) is 0 Å². The Hall–Kier alpha value is -1.60. The summed E-state index contributed by atoms with van der Waals surface area (Å²) < 4.78 is 32.9. The molecular formula is C17H26N2O4S. The number of hydrogen-bond acceptors (Lipinski definition) is 4. The molecule has 0 saturated heterocycles. The highest BCUT2D eigenvalue weighted by Gasteiger charge is 2.28. The Balaban J connectivity index is 2.30. The van der Waals surface area contributed by atoms with E-state index in [1.165, 1.54) is 10.4 Å². The van der Waals surface area contributed by atoms with Gasteiger partial charge in [-0.25, -0.2) is 8.42 Å². The van der Waals surface area contributed by atoms with Gasteiger partial charge in [0.25, 0.3) is 5.91 Å². The van der Waals surface area contributed by atoms with Crippen molar-refractivity contribution in [3.8, 4) is 5.75 Å². The number of rotatable bonds is 8. The Kier molecular flexibility index (Phi) is 6.23. The van der Waals surface area contributed by atoms with Gasteiger partial charge in [-0.3, -0.25) is 4.79 Å². The summed E-state index contributed by atoms with van der Waals surface area (Å²) in [6.45, 7) is 6.75. The number of anilines is 1. The molecule has 1 N–H and O–H groups in total. The second-order valence-electron chi connectivity index (χ2n) is 6.02. The Morgan fingerprint density at radius 2 is 1.79 bits per heavy atom. The summed E-state index contributed by atoms with van der Waals surface area (Å²) in [4.78, 5) is 11.9. The second kappa shape index (κ2) is 7.98. The van der Waals surface area contributed by atoms with E-state index in [2.05, 4.69) is 5.32 Å². The van der Waals surface area contributed by atoms with E-state index in [1.807, 2.05) is 13.8 Å². The normalized spacial score (nSPS) is 17.3. The lowest BCUT2D eigenvalue weighted by Crippen LogP contribution is -2.35. The third-order valence-electron chi connectivity index (χ3n) is 4.04. The van der Waals surface area contributed by atoms with Gasteiger partial charge in [-0.1, -0.05) is 26.7 Å². The minimum atomic E-state index is -3.58. The standard InChI is InChI=1S/C17H26N2O4S/c1-4-6-10-19(11-7-5-2)24(21,22)14-8-9-16-15(12-14)18-17(20)13(3)23-16/h8-9,12-13H,4-7,10-11H2,1-3H3,(H,18,20). The van der Waals surface area contributed by atoms with Crippen LogP contribution in [0.15, 0.2) is 23.1 Å². The van der Waals surface area contributed by atoms with E-state index in [0.717, 1.165) is 25.7 Å². The van der Waals surface area contributed by atoms with Crippen molar-refractivity contribution in [2.24, 2.45) is 0 Å². The van der Waals surface area contributed by atoms with Crippen LogP contribution < -0.4 is 10.1 Å². The maximum absolute atomic E-state index is 12.9. The molecule has 6 nitrogen and oxygen atoms in total. The summed E-state index contributed by atoms with van der Waals surface area (Å²) in [5.41, 5.74) is 0.408. The molecule has 0 fully saturated rings. The molecule has 1 amide bonds. The van der Waals surface area contributed by atoms with Crippen molar-refractivity contribution in [2.45, 2.75) is 57.5 Å². The molecule has 1 atom stereocenters. The van der Waals surface area contributed by atoms with E-state index in [4.69, 9.17) is 4.74 Å². The number of nitrogens with zero attached hydrogens (tertiary/aromatic N) is 1. The van der Waals surface area contributed by atoms with Gasteiger partial charge in [-0.05, 0) is 38.0 Å². The van der Waals surface area contributed by atoms with Crippen LogP contribution in [0.1, 0.15) is 46.5 Å². The lowest BCUT2D eigenvalue weighted by molar-refractivity contribution is -0.122. The van der Waals surface area contributed by atoms with E-state index in [0.29, 0.717) is 24.5 Å². The minimum absolute atomic E-state index is 0.187. The van der Waals surface area contributed by atoms with Gasteiger partial charge in [0.15, 0.2) is 6.10 Å². The molecule has 0 bridgehead atoms. The first-order valence-corrected chi connectivity index (χ1v) is 9.95. The fraction of sp³-hybridized carbons (Fsp3) is 0.588. The summed E-state index contributed by atoms with van der Waals surface area (Å²) in [6.07, 6.45) is 2.94. The molecule has 1 aliphatic rings. The van der Waals surface area contributed by atoms with Crippen molar-refractivity contribution >= 4 is 21.6 Å². The Morgan fingerprint density at radius 3 is 2.38 bits per heavy atom. The molecule has 1 unspecified atom stereocenters. The highest BCUT2D eigenvalue weighted by Crippen LogP contribution is 2.32. The Morgan fingerprint density at radius 1 is 1.17 bits per heavy atom. The summed E-state index contributed by atoms with van der Waals surface area (Å²) in [6, 6.07) is 4.64. The van der Waals surface area contributed by atoms with E-state index in [9.17, 15) is 13.2 Å². The van der Waals surface area contributed by atoms with Gasteiger partial charge in [0.1, 0.15) is 5.75 Å². The van der Waals surface area contributed by atoms with E-state index in [1.54, 1.807) is 19.1 Å². The van der Waals surface area contributed by atoms with Crippen LogP contribution in [-0.4, -0.2) is 37.8 Å². The fourth-order valence-corrected chi connectivity index (χ4v) is 4.06. The van der Waals surface area contributed by atoms with Crippen LogP contribution in [0.3, 0.4) is 0 Å². The van der Waals surface area contributed by atoms with Crippen molar-refractivity contribution in [3.05, 3.63) is 18.2 Å². The molecule has 1 aromatic carbocycles. The van der Waals surface area contributed by atoms with Crippen LogP contribution in [0, 0.1) is 0 Å². The summed E-state index contributed by atoms with van der Waals surface area (Å²) in [7, 11) is -3.58. The molecule has 0 aliphatic carbocycles. The molecule has 24 heavy (non-hydrogen) atoms. The van der Waals surface area contributed by atoms with Crippen molar-refractivity contribution in [2.75, 3.05) is 18.4 Å². The number of fused-ring (bicyclic) bond motifs is 1. The van der Waals surface area contributed by atoms with E-state index in [-0.39, 0.29) is 10.8 Å². The van der Waals surface area contributed by atoms with Crippen molar-refractivity contribution in [1.82, 2.24) is 4.31 Å². The minimum Gasteiger partial charge on any atom is -0.479 e. The average Bonchev–Trinajstić information content (AvgIpc) is 2.55. The maximum Gasteiger partial charge on any atom is 0.265 e. The first kappa shape index (κ1) is 18.7. The number of carbonyl (C=O) groups is 1. The van der Waals surface area contributed by atoms with Gasteiger partial charge >= 0.3 is 0 Å². The molecule has 0 saturated carbocycles. The number of nitrogens with one attached hydrogen (secondary N) is 1. The monoisotopic (exact) mass is 354 g/mol. The number of carbonyl (C=O) groups excluding carboxylic acids is 1. The SMILES string of the molecule is CCCCN(CCCC)S(=O)(=O)c1ccc2c(c1)NC(=O)C(C)O2. The van der Waals surface area contributed by atoms with Crippen LogP contribution in [0.5, 0.6) is 5.75 Å².